The summed E-state index contributed by atoms with van der Waals surface area (Å²) in [6.45, 7) is 0. The van der Waals surface area contributed by atoms with Crippen molar-refractivity contribution in [1.82, 2.24) is 15.0 Å². The van der Waals surface area contributed by atoms with E-state index >= 15 is 0 Å². The number of fused-ring (bicyclic) bond motifs is 1. The molecule has 0 aliphatic rings. The molecule has 3 aromatic rings. The van der Waals surface area contributed by atoms with E-state index in [1.165, 1.54) is 0 Å². The van der Waals surface area contributed by atoms with E-state index in [4.69, 9.17) is 10.5 Å². The third kappa shape index (κ3) is 1.57. The number of hydrogen-bond acceptors (Lipinski definition) is 4. The molecule has 0 atom stereocenters. The van der Waals surface area contributed by atoms with Crippen molar-refractivity contribution in [2.45, 2.75) is 0 Å². The summed E-state index contributed by atoms with van der Waals surface area (Å²) in [7, 11) is 1.63. The highest BCUT2D eigenvalue weighted by molar-refractivity contribution is 5.86. The van der Waals surface area contributed by atoms with Crippen LogP contribution in [-0.2, 0) is 0 Å². The summed E-state index contributed by atoms with van der Waals surface area (Å²) in [6.07, 6.45) is 1.64. The van der Waals surface area contributed by atoms with Crippen molar-refractivity contribution in [1.29, 1.82) is 0 Å². The highest BCUT2D eigenvalue weighted by Gasteiger charge is 2.11. The molecule has 0 aliphatic heterocycles. The van der Waals surface area contributed by atoms with Crippen molar-refractivity contribution in [2.24, 2.45) is 0 Å². The molecule has 0 unspecified atom stereocenters. The quantitative estimate of drug-likeness (QED) is 0.720. The van der Waals surface area contributed by atoms with Gasteiger partial charge < -0.3 is 15.5 Å². The first-order valence-electron chi connectivity index (χ1n) is 5.53. The van der Waals surface area contributed by atoms with Crippen LogP contribution in [0.1, 0.15) is 0 Å². The number of nitrogen functional groups attached to an aromatic ring is 1. The second-order valence-corrected chi connectivity index (χ2v) is 3.88. The summed E-state index contributed by atoms with van der Waals surface area (Å²) in [4.78, 5) is 11.8. The first-order valence-corrected chi connectivity index (χ1v) is 5.53. The number of pyridine rings is 1. The molecule has 0 bridgehead atoms. The van der Waals surface area contributed by atoms with Crippen molar-refractivity contribution < 1.29 is 4.74 Å². The lowest BCUT2D eigenvalue weighted by atomic mass is 10.2. The Labute approximate surface area is 104 Å². The average molecular weight is 240 g/mol. The SMILES string of the molecule is COc1ccccc1-c1nc2nccc(N)c2[nH]1. The van der Waals surface area contributed by atoms with Crippen LogP contribution in [0.4, 0.5) is 5.69 Å². The number of H-pyrrole nitrogens is 1. The maximum absolute atomic E-state index is 5.88. The molecule has 18 heavy (non-hydrogen) atoms. The van der Waals surface area contributed by atoms with Gasteiger partial charge in [0.05, 0.1) is 18.4 Å². The van der Waals surface area contributed by atoms with Gasteiger partial charge in [0.25, 0.3) is 0 Å². The van der Waals surface area contributed by atoms with E-state index in [1.807, 2.05) is 24.3 Å². The van der Waals surface area contributed by atoms with E-state index in [2.05, 4.69) is 15.0 Å². The van der Waals surface area contributed by atoms with Crippen LogP contribution in [0.15, 0.2) is 36.5 Å². The van der Waals surface area contributed by atoms with Crippen molar-refractivity contribution in [3.8, 4) is 17.1 Å². The number of nitrogens with zero attached hydrogens (tertiary/aromatic N) is 2. The molecule has 2 heterocycles. The van der Waals surface area contributed by atoms with Gasteiger partial charge in [0.15, 0.2) is 5.65 Å². The molecule has 0 fully saturated rings. The molecule has 0 aliphatic carbocycles. The molecule has 1 aromatic carbocycles. The fourth-order valence-corrected chi connectivity index (χ4v) is 1.90. The number of nitrogens with one attached hydrogen (secondary N) is 1. The molecular formula is C13H12N4O. The molecule has 5 heteroatoms. The number of anilines is 1. The smallest absolute Gasteiger partial charge is 0.180 e. The highest BCUT2D eigenvalue weighted by atomic mass is 16.5. The Morgan fingerprint density at radius 3 is 2.83 bits per heavy atom. The Kier molecular flexibility index (Phi) is 2.37. The second kappa shape index (κ2) is 4.03. The predicted octanol–water partition coefficient (Wildman–Crippen LogP) is 2.22. The van der Waals surface area contributed by atoms with Crippen LogP contribution >= 0.6 is 0 Å². The second-order valence-electron chi connectivity index (χ2n) is 3.88. The van der Waals surface area contributed by atoms with Crippen molar-refractivity contribution >= 4 is 16.9 Å². The molecule has 0 amide bonds. The van der Waals surface area contributed by atoms with Crippen molar-refractivity contribution in [3.63, 3.8) is 0 Å². The Bertz CT molecular complexity index is 705. The summed E-state index contributed by atoms with van der Waals surface area (Å²) < 4.78 is 5.31. The number of benzene rings is 1. The maximum atomic E-state index is 5.88. The fourth-order valence-electron chi connectivity index (χ4n) is 1.90. The highest BCUT2D eigenvalue weighted by Crippen LogP contribution is 2.29. The number of imidazole rings is 1. The molecule has 2 aromatic heterocycles. The average Bonchev–Trinajstić information content (AvgIpc) is 2.84. The molecule has 3 rings (SSSR count). The van der Waals surface area contributed by atoms with E-state index in [0.29, 0.717) is 17.2 Å². The molecule has 0 saturated carbocycles. The lowest BCUT2D eigenvalue weighted by molar-refractivity contribution is 0.416. The third-order valence-electron chi connectivity index (χ3n) is 2.79. The van der Waals surface area contributed by atoms with Gasteiger partial charge in [-0.1, -0.05) is 12.1 Å². The Balaban J connectivity index is 2.23. The van der Waals surface area contributed by atoms with E-state index in [1.54, 1.807) is 19.4 Å². The molecule has 3 N–H and O–H groups in total. The van der Waals surface area contributed by atoms with Crippen LogP contribution in [0.25, 0.3) is 22.6 Å². The molecular weight excluding hydrogens is 228 g/mol. The number of para-hydroxylation sites is 1. The van der Waals surface area contributed by atoms with E-state index in [0.717, 1.165) is 16.8 Å². The van der Waals surface area contributed by atoms with E-state index < -0.39 is 0 Å². The molecule has 0 spiro atoms. The first-order chi connectivity index (χ1) is 8.79. The van der Waals surface area contributed by atoms with E-state index in [-0.39, 0.29) is 0 Å². The number of aromatic nitrogens is 3. The fraction of sp³-hybridized carbons (Fsp3) is 0.0769. The van der Waals surface area contributed by atoms with Crippen LogP contribution < -0.4 is 10.5 Å². The van der Waals surface area contributed by atoms with Crippen LogP contribution in [0.3, 0.4) is 0 Å². The van der Waals surface area contributed by atoms with Crippen LogP contribution in [0.2, 0.25) is 0 Å². The van der Waals surface area contributed by atoms with Gasteiger partial charge in [-0.25, -0.2) is 9.97 Å². The summed E-state index contributed by atoms with van der Waals surface area (Å²) >= 11 is 0. The van der Waals surface area contributed by atoms with Crippen LogP contribution in [0.5, 0.6) is 5.75 Å². The third-order valence-corrected chi connectivity index (χ3v) is 2.79. The summed E-state index contributed by atoms with van der Waals surface area (Å²) in [5, 5.41) is 0. The normalized spacial score (nSPS) is 10.7. The minimum absolute atomic E-state index is 0.607. The predicted molar refractivity (Wildman–Crippen MR) is 70.3 cm³/mol. The molecule has 5 nitrogen and oxygen atoms in total. The molecule has 90 valence electrons. The minimum atomic E-state index is 0.607. The zero-order valence-electron chi connectivity index (χ0n) is 9.84. The Hall–Kier alpha value is -2.56. The van der Waals surface area contributed by atoms with Crippen molar-refractivity contribution in [3.05, 3.63) is 36.5 Å². The van der Waals surface area contributed by atoms with Gasteiger partial charge in [0, 0.05) is 6.20 Å². The summed E-state index contributed by atoms with van der Waals surface area (Å²) in [6, 6.07) is 9.41. The number of nitrogens with two attached hydrogens (primary N) is 1. The minimum Gasteiger partial charge on any atom is -0.496 e. The Morgan fingerprint density at radius 1 is 1.22 bits per heavy atom. The monoisotopic (exact) mass is 240 g/mol. The van der Waals surface area contributed by atoms with Gasteiger partial charge in [-0.05, 0) is 18.2 Å². The van der Waals surface area contributed by atoms with Gasteiger partial charge in [-0.2, -0.15) is 0 Å². The number of hydrogen-bond donors (Lipinski definition) is 2. The zero-order valence-corrected chi connectivity index (χ0v) is 9.84. The topological polar surface area (TPSA) is 76.8 Å². The zero-order chi connectivity index (χ0) is 12.5. The van der Waals surface area contributed by atoms with Crippen LogP contribution in [0, 0.1) is 0 Å². The van der Waals surface area contributed by atoms with Crippen molar-refractivity contribution in [2.75, 3.05) is 12.8 Å². The summed E-state index contributed by atoms with van der Waals surface area (Å²) in [5.74, 6) is 1.46. The first kappa shape index (κ1) is 10.6. The Morgan fingerprint density at radius 2 is 2.06 bits per heavy atom. The number of ether oxygens (including phenoxy) is 1. The maximum Gasteiger partial charge on any atom is 0.180 e. The van der Waals surface area contributed by atoms with Crippen LogP contribution in [-0.4, -0.2) is 22.1 Å². The summed E-state index contributed by atoms with van der Waals surface area (Å²) in [5.41, 5.74) is 8.75. The molecule has 0 saturated heterocycles. The largest absolute Gasteiger partial charge is 0.496 e. The van der Waals surface area contributed by atoms with Gasteiger partial charge >= 0.3 is 0 Å². The lowest BCUT2D eigenvalue weighted by Gasteiger charge is -2.04. The number of aromatic amines is 1. The lowest BCUT2D eigenvalue weighted by Crippen LogP contribution is -1.88. The van der Waals surface area contributed by atoms with Gasteiger partial charge in [-0.3, -0.25) is 0 Å². The van der Waals surface area contributed by atoms with Gasteiger partial charge in [0.1, 0.15) is 17.1 Å². The standard InChI is InChI=1S/C13H12N4O/c1-18-10-5-3-2-4-8(10)12-16-11-9(14)6-7-15-13(11)17-12/h2-7H,1H3,(H3,14,15,16,17). The van der Waals surface area contributed by atoms with E-state index in [9.17, 15) is 0 Å². The van der Waals surface area contributed by atoms with Gasteiger partial charge in [-0.15, -0.1) is 0 Å². The number of methoxy groups -OCH3 is 1. The number of rotatable bonds is 2. The van der Waals surface area contributed by atoms with Gasteiger partial charge in [0.2, 0.25) is 0 Å². The molecule has 0 radical (unpaired) electrons.